The van der Waals surface area contributed by atoms with Crippen molar-refractivity contribution in [2.24, 2.45) is 0 Å². The second-order valence-electron chi connectivity index (χ2n) is 3.79. The summed E-state index contributed by atoms with van der Waals surface area (Å²) in [5.74, 6) is -1.39. The molecule has 0 atom stereocenters. The molecule has 0 bridgehead atoms. The van der Waals surface area contributed by atoms with Crippen molar-refractivity contribution in [2.75, 3.05) is 0 Å². The van der Waals surface area contributed by atoms with Crippen molar-refractivity contribution in [3.63, 3.8) is 0 Å². The van der Waals surface area contributed by atoms with Gasteiger partial charge in [0.15, 0.2) is 0 Å². The number of allylic oxidation sites excluding steroid dienone is 3. The Labute approximate surface area is 112 Å². The first-order chi connectivity index (χ1) is 9.15. The zero-order valence-electron chi connectivity index (χ0n) is 11.0. The minimum atomic E-state index is -0.703. The third kappa shape index (κ3) is 5.21. The standard InChI is InChI=1S/C15H16O4/c1-3-4-6-9-12(2)14(16)18-19-15(17)13-10-7-5-8-11-13/h4-11H,3H2,1-2H3/b6-4-,12-9+. The number of carbonyl (C=O) groups is 2. The zero-order valence-corrected chi connectivity index (χ0v) is 11.0. The Morgan fingerprint density at radius 1 is 1.16 bits per heavy atom. The quantitative estimate of drug-likeness (QED) is 0.361. The molecule has 0 saturated carbocycles. The van der Waals surface area contributed by atoms with Gasteiger partial charge in [0.25, 0.3) is 0 Å². The van der Waals surface area contributed by atoms with Crippen molar-refractivity contribution in [3.05, 3.63) is 59.7 Å². The Bertz CT molecular complexity index is 486. The summed E-state index contributed by atoms with van der Waals surface area (Å²) in [5.41, 5.74) is 0.674. The predicted molar refractivity (Wildman–Crippen MR) is 71.1 cm³/mol. The minimum Gasteiger partial charge on any atom is -0.242 e. The third-order valence-corrected chi connectivity index (χ3v) is 2.24. The zero-order chi connectivity index (χ0) is 14.1. The number of benzene rings is 1. The molecule has 4 nitrogen and oxygen atoms in total. The van der Waals surface area contributed by atoms with Crippen LogP contribution in [0.4, 0.5) is 0 Å². The van der Waals surface area contributed by atoms with E-state index in [0.717, 1.165) is 6.42 Å². The maximum Gasteiger partial charge on any atom is 0.386 e. The SMILES string of the molecule is CC/C=C\C=C(/C)C(=O)OOC(=O)c1ccccc1. The summed E-state index contributed by atoms with van der Waals surface area (Å²) in [7, 11) is 0. The van der Waals surface area contributed by atoms with Crippen LogP contribution in [-0.2, 0) is 14.6 Å². The minimum absolute atomic E-state index is 0.322. The maximum absolute atomic E-state index is 11.5. The van der Waals surface area contributed by atoms with Gasteiger partial charge >= 0.3 is 11.9 Å². The molecule has 4 heteroatoms. The second kappa shape index (κ2) is 7.87. The molecule has 1 aromatic carbocycles. The van der Waals surface area contributed by atoms with Gasteiger partial charge < -0.3 is 0 Å². The molecule has 100 valence electrons. The van der Waals surface area contributed by atoms with Crippen LogP contribution >= 0.6 is 0 Å². The van der Waals surface area contributed by atoms with E-state index in [1.54, 1.807) is 49.4 Å². The summed E-state index contributed by atoms with van der Waals surface area (Å²) >= 11 is 0. The van der Waals surface area contributed by atoms with Gasteiger partial charge in [0.05, 0.1) is 5.56 Å². The van der Waals surface area contributed by atoms with Crippen LogP contribution in [0, 0.1) is 0 Å². The van der Waals surface area contributed by atoms with Crippen LogP contribution in [-0.4, -0.2) is 11.9 Å². The lowest BCUT2D eigenvalue weighted by Gasteiger charge is -2.02. The molecule has 19 heavy (non-hydrogen) atoms. The van der Waals surface area contributed by atoms with E-state index in [0.29, 0.717) is 11.1 Å². The van der Waals surface area contributed by atoms with Gasteiger partial charge in [-0.2, -0.15) is 0 Å². The van der Waals surface area contributed by atoms with Crippen LogP contribution in [0.25, 0.3) is 0 Å². The number of carbonyl (C=O) groups excluding carboxylic acids is 2. The average Bonchev–Trinajstić information content (AvgIpc) is 2.45. The molecule has 0 unspecified atom stereocenters. The van der Waals surface area contributed by atoms with Gasteiger partial charge in [0.1, 0.15) is 0 Å². The van der Waals surface area contributed by atoms with Gasteiger partial charge in [-0.05, 0) is 25.5 Å². The van der Waals surface area contributed by atoms with E-state index in [9.17, 15) is 9.59 Å². The molecule has 0 aliphatic carbocycles. The molecule has 0 aliphatic heterocycles. The average molecular weight is 260 g/mol. The lowest BCUT2D eigenvalue weighted by Crippen LogP contribution is -2.12. The van der Waals surface area contributed by atoms with E-state index in [-0.39, 0.29) is 0 Å². The molecular weight excluding hydrogens is 244 g/mol. The van der Waals surface area contributed by atoms with Gasteiger partial charge in [-0.1, -0.05) is 43.4 Å². The summed E-state index contributed by atoms with van der Waals surface area (Å²) in [6, 6.07) is 8.31. The Morgan fingerprint density at radius 2 is 1.84 bits per heavy atom. The van der Waals surface area contributed by atoms with Crippen molar-refractivity contribution in [1.82, 2.24) is 0 Å². The van der Waals surface area contributed by atoms with E-state index in [2.05, 4.69) is 9.78 Å². The van der Waals surface area contributed by atoms with Crippen LogP contribution in [0.3, 0.4) is 0 Å². The monoisotopic (exact) mass is 260 g/mol. The van der Waals surface area contributed by atoms with Crippen molar-refractivity contribution in [2.45, 2.75) is 20.3 Å². The first-order valence-corrected chi connectivity index (χ1v) is 5.96. The highest BCUT2D eigenvalue weighted by molar-refractivity contribution is 5.91. The molecular formula is C15H16O4. The van der Waals surface area contributed by atoms with E-state index >= 15 is 0 Å². The van der Waals surface area contributed by atoms with Crippen molar-refractivity contribution < 1.29 is 19.4 Å². The molecule has 0 spiro atoms. The third-order valence-electron chi connectivity index (χ3n) is 2.24. The van der Waals surface area contributed by atoms with Crippen LogP contribution in [0.5, 0.6) is 0 Å². The van der Waals surface area contributed by atoms with Crippen molar-refractivity contribution in [1.29, 1.82) is 0 Å². The molecule has 0 aromatic heterocycles. The van der Waals surface area contributed by atoms with Gasteiger partial charge in [-0.15, -0.1) is 0 Å². The predicted octanol–water partition coefficient (Wildman–Crippen LogP) is 3.21. The molecule has 0 aliphatic rings. The Morgan fingerprint density at radius 3 is 2.47 bits per heavy atom. The van der Waals surface area contributed by atoms with E-state index in [4.69, 9.17) is 0 Å². The molecule has 0 heterocycles. The highest BCUT2D eigenvalue weighted by Crippen LogP contribution is 2.04. The van der Waals surface area contributed by atoms with Gasteiger partial charge in [-0.3, -0.25) is 0 Å². The number of hydrogen-bond acceptors (Lipinski definition) is 4. The Kier molecular flexibility index (Phi) is 6.09. The van der Waals surface area contributed by atoms with E-state index in [1.165, 1.54) is 0 Å². The Hall–Kier alpha value is -2.36. The summed E-state index contributed by atoms with van der Waals surface area (Å²) < 4.78 is 0. The maximum atomic E-state index is 11.5. The molecule has 0 N–H and O–H groups in total. The molecule has 0 fully saturated rings. The fourth-order valence-electron chi connectivity index (χ4n) is 1.18. The first kappa shape index (κ1) is 14.7. The van der Waals surface area contributed by atoms with Crippen LogP contribution < -0.4 is 0 Å². The Balaban J connectivity index is 2.49. The smallest absolute Gasteiger partial charge is 0.242 e. The van der Waals surface area contributed by atoms with Crippen LogP contribution in [0.2, 0.25) is 0 Å². The van der Waals surface area contributed by atoms with Crippen LogP contribution in [0.15, 0.2) is 54.1 Å². The summed E-state index contributed by atoms with van der Waals surface area (Å²) in [4.78, 5) is 31.9. The van der Waals surface area contributed by atoms with Crippen LogP contribution in [0.1, 0.15) is 30.6 Å². The first-order valence-electron chi connectivity index (χ1n) is 5.96. The molecule has 1 rings (SSSR count). The highest BCUT2D eigenvalue weighted by Gasteiger charge is 2.12. The molecule has 0 amide bonds. The lowest BCUT2D eigenvalue weighted by molar-refractivity contribution is -0.229. The summed E-state index contributed by atoms with van der Waals surface area (Å²) in [6.07, 6.45) is 6.12. The van der Waals surface area contributed by atoms with Gasteiger partial charge in [0.2, 0.25) is 0 Å². The number of rotatable bonds is 4. The number of hydrogen-bond donors (Lipinski definition) is 0. The van der Waals surface area contributed by atoms with E-state index < -0.39 is 11.9 Å². The molecule has 1 aromatic rings. The highest BCUT2D eigenvalue weighted by atomic mass is 17.2. The fourth-order valence-corrected chi connectivity index (χ4v) is 1.18. The van der Waals surface area contributed by atoms with E-state index in [1.807, 2.05) is 13.0 Å². The fraction of sp³-hybridized carbons (Fsp3) is 0.200. The van der Waals surface area contributed by atoms with Crippen molar-refractivity contribution >= 4 is 11.9 Å². The van der Waals surface area contributed by atoms with Crippen molar-refractivity contribution in [3.8, 4) is 0 Å². The lowest BCUT2D eigenvalue weighted by atomic mass is 10.2. The topological polar surface area (TPSA) is 52.6 Å². The second-order valence-corrected chi connectivity index (χ2v) is 3.79. The normalized spacial score (nSPS) is 11.4. The molecule has 0 saturated heterocycles. The van der Waals surface area contributed by atoms with Gasteiger partial charge in [-0.25, -0.2) is 19.4 Å². The van der Waals surface area contributed by atoms with Gasteiger partial charge in [0, 0.05) is 5.57 Å². The summed E-state index contributed by atoms with van der Waals surface area (Å²) in [6.45, 7) is 3.57. The summed E-state index contributed by atoms with van der Waals surface area (Å²) in [5, 5.41) is 0. The largest absolute Gasteiger partial charge is 0.386 e. The molecule has 0 radical (unpaired) electrons.